The number of hydrogen-bond acceptors (Lipinski definition) is 4. The molecule has 2 aromatic rings. The Balaban J connectivity index is 1.96. The van der Waals surface area contributed by atoms with E-state index in [2.05, 4.69) is 10.1 Å². The van der Waals surface area contributed by atoms with Gasteiger partial charge in [-0.05, 0) is 38.8 Å². The van der Waals surface area contributed by atoms with Crippen LogP contribution >= 0.6 is 0 Å². The largest absolute Gasteiger partial charge is 0.338 e. The van der Waals surface area contributed by atoms with Gasteiger partial charge in [0, 0.05) is 24.5 Å². The third-order valence-corrected chi connectivity index (χ3v) is 3.91. The number of amides is 1. The first-order valence-electron chi connectivity index (χ1n) is 6.91. The molecule has 2 N–H and O–H groups in total. The van der Waals surface area contributed by atoms with Gasteiger partial charge in [0.25, 0.3) is 5.91 Å². The summed E-state index contributed by atoms with van der Waals surface area (Å²) in [5.41, 5.74) is 8.77. The van der Waals surface area contributed by atoms with Crippen LogP contribution < -0.4 is 5.73 Å². The molecule has 1 aliphatic rings. The first kappa shape index (κ1) is 13.1. The fourth-order valence-corrected chi connectivity index (χ4v) is 2.80. The Bertz CT molecular complexity index is 663. The summed E-state index contributed by atoms with van der Waals surface area (Å²) in [6.07, 6.45) is 2.60. The number of aromatic nitrogens is 3. The molecule has 6 heteroatoms. The van der Waals surface area contributed by atoms with Gasteiger partial charge in [-0.25, -0.2) is 9.50 Å². The normalized spacial score (nSPS) is 18.9. The van der Waals surface area contributed by atoms with E-state index in [0.29, 0.717) is 23.7 Å². The molecule has 1 amide bonds. The van der Waals surface area contributed by atoms with Gasteiger partial charge < -0.3 is 10.6 Å². The highest BCUT2D eigenvalue weighted by Crippen LogP contribution is 2.20. The Morgan fingerprint density at radius 1 is 1.50 bits per heavy atom. The van der Waals surface area contributed by atoms with Crippen LogP contribution in [-0.2, 0) is 0 Å². The first-order chi connectivity index (χ1) is 9.60. The van der Waals surface area contributed by atoms with Crippen molar-refractivity contribution in [2.24, 2.45) is 11.7 Å². The zero-order valence-corrected chi connectivity index (χ0v) is 11.8. The molecule has 1 atom stereocenters. The number of rotatable bonds is 2. The van der Waals surface area contributed by atoms with Crippen molar-refractivity contribution < 1.29 is 4.79 Å². The summed E-state index contributed by atoms with van der Waals surface area (Å²) in [5.74, 6) is 0.422. The van der Waals surface area contributed by atoms with Gasteiger partial charge in [0.05, 0.1) is 6.20 Å². The molecule has 6 nitrogen and oxygen atoms in total. The molecular formula is C14H19N5O. The predicted molar refractivity (Wildman–Crippen MR) is 75.5 cm³/mol. The van der Waals surface area contributed by atoms with E-state index in [-0.39, 0.29) is 5.91 Å². The fourth-order valence-electron chi connectivity index (χ4n) is 2.80. The van der Waals surface area contributed by atoms with E-state index >= 15 is 0 Å². The van der Waals surface area contributed by atoms with Crippen molar-refractivity contribution in [3.63, 3.8) is 0 Å². The van der Waals surface area contributed by atoms with Gasteiger partial charge >= 0.3 is 0 Å². The predicted octanol–water partition coefficient (Wildman–Crippen LogP) is 0.767. The van der Waals surface area contributed by atoms with Gasteiger partial charge in [-0.3, -0.25) is 4.79 Å². The number of carbonyl (C=O) groups is 1. The van der Waals surface area contributed by atoms with Gasteiger partial charge in [0.15, 0.2) is 5.65 Å². The van der Waals surface area contributed by atoms with Crippen molar-refractivity contribution in [2.45, 2.75) is 20.3 Å². The Morgan fingerprint density at radius 2 is 2.30 bits per heavy atom. The molecule has 0 aliphatic carbocycles. The molecular weight excluding hydrogens is 254 g/mol. The maximum Gasteiger partial charge on any atom is 0.259 e. The summed E-state index contributed by atoms with van der Waals surface area (Å²) < 4.78 is 1.72. The second-order valence-corrected chi connectivity index (χ2v) is 5.47. The minimum atomic E-state index is 0.00782. The maximum atomic E-state index is 12.6. The fraction of sp³-hybridized carbons (Fsp3) is 0.500. The molecule has 0 bridgehead atoms. The summed E-state index contributed by atoms with van der Waals surface area (Å²) in [6, 6.07) is 1.95. The van der Waals surface area contributed by atoms with Crippen molar-refractivity contribution in [1.29, 1.82) is 0 Å². The quantitative estimate of drug-likeness (QED) is 0.876. The van der Waals surface area contributed by atoms with Crippen LogP contribution in [0.15, 0.2) is 12.3 Å². The molecule has 20 heavy (non-hydrogen) atoms. The molecule has 3 rings (SSSR count). The SMILES string of the molecule is Cc1cc(C)n2ncc(C(=O)N3CCC(CN)C3)c2n1. The van der Waals surface area contributed by atoms with Gasteiger partial charge in [-0.2, -0.15) is 5.10 Å². The second-order valence-electron chi connectivity index (χ2n) is 5.47. The lowest BCUT2D eigenvalue weighted by Gasteiger charge is -2.15. The molecule has 0 saturated carbocycles. The Hall–Kier alpha value is -1.95. The molecule has 1 fully saturated rings. The highest BCUT2D eigenvalue weighted by atomic mass is 16.2. The van der Waals surface area contributed by atoms with Crippen LogP contribution in [0.5, 0.6) is 0 Å². The van der Waals surface area contributed by atoms with Crippen LogP contribution in [0.4, 0.5) is 0 Å². The molecule has 0 radical (unpaired) electrons. The average molecular weight is 273 g/mol. The number of nitrogens with zero attached hydrogens (tertiary/aromatic N) is 4. The molecule has 1 aliphatic heterocycles. The average Bonchev–Trinajstić information content (AvgIpc) is 3.04. The highest BCUT2D eigenvalue weighted by molar-refractivity contribution is 5.99. The third kappa shape index (κ3) is 2.06. The van der Waals surface area contributed by atoms with Gasteiger partial charge in [-0.15, -0.1) is 0 Å². The number of hydrogen-bond donors (Lipinski definition) is 1. The summed E-state index contributed by atoms with van der Waals surface area (Å²) in [5, 5.41) is 4.27. The number of fused-ring (bicyclic) bond motifs is 1. The molecule has 106 valence electrons. The Morgan fingerprint density at radius 3 is 3.00 bits per heavy atom. The topological polar surface area (TPSA) is 76.5 Å². The zero-order chi connectivity index (χ0) is 14.3. The Kier molecular flexibility index (Phi) is 3.17. The molecule has 1 saturated heterocycles. The third-order valence-electron chi connectivity index (χ3n) is 3.91. The van der Waals surface area contributed by atoms with Crippen molar-refractivity contribution in [3.05, 3.63) is 29.2 Å². The minimum Gasteiger partial charge on any atom is -0.338 e. The summed E-state index contributed by atoms with van der Waals surface area (Å²) in [7, 11) is 0. The highest BCUT2D eigenvalue weighted by Gasteiger charge is 2.28. The van der Waals surface area contributed by atoms with Crippen LogP contribution in [-0.4, -0.2) is 45.0 Å². The number of nitrogens with two attached hydrogens (primary N) is 1. The standard InChI is InChI=1S/C14H19N5O/c1-9-5-10(2)19-13(17-9)12(7-16-19)14(20)18-4-3-11(6-15)8-18/h5,7,11H,3-4,6,8,15H2,1-2H3. The van der Waals surface area contributed by atoms with E-state index in [9.17, 15) is 4.79 Å². The van der Waals surface area contributed by atoms with Crippen molar-refractivity contribution in [2.75, 3.05) is 19.6 Å². The molecule has 2 aromatic heterocycles. The van der Waals surface area contributed by atoms with E-state index in [4.69, 9.17) is 5.73 Å². The van der Waals surface area contributed by atoms with Crippen molar-refractivity contribution >= 4 is 11.6 Å². The van der Waals surface area contributed by atoms with Crippen LogP contribution in [0.2, 0.25) is 0 Å². The number of carbonyl (C=O) groups excluding carboxylic acids is 1. The zero-order valence-electron chi connectivity index (χ0n) is 11.8. The smallest absolute Gasteiger partial charge is 0.259 e. The molecule has 0 aromatic carbocycles. The molecule has 3 heterocycles. The van der Waals surface area contributed by atoms with E-state index in [1.807, 2.05) is 24.8 Å². The van der Waals surface area contributed by atoms with E-state index < -0.39 is 0 Å². The second kappa shape index (κ2) is 4.86. The van der Waals surface area contributed by atoms with Crippen LogP contribution in [0.25, 0.3) is 5.65 Å². The summed E-state index contributed by atoms with van der Waals surface area (Å²) in [4.78, 5) is 18.9. The van der Waals surface area contributed by atoms with Crippen LogP contribution in [0, 0.1) is 19.8 Å². The van der Waals surface area contributed by atoms with Gasteiger partial charge in [-0.1, -0.05) is 0 Å². The molecule has 0 spiro atoms. The first-order valence-corrected chi connectivity index (χ1v) is 6.91. The van der Waals surface area contributed by atoms with E-state index in [0.717, 1.165) is 30.9 Å². The van der Waals surface area contributed by atoms with E-state index in [1.165, 1.54) is 0 Å². The lowest BCUT2D eigenvalue weighted by molar-refractivity contribution is 0.0789. The van der Waals surface area contributed by atoms with Gasteiger partial charge in [0.2, 0.25) is 0 Å². The lowest BCUT2D eigenvalue weighted by Crippen LogP contribution is -2.29. The van der Waals surface area contributed by atoms with Crippen LogP contribution in [0.3, 0.4) is 0 Å². The van der Waals surface area contributed by atoms with Crippen molar-refractivity contribution in [1.82, 2.24) is 19.5 Å². The van der Waals surface area contributed by atoms with Gasteiger partial charge in [0.1, 0.15) is 5.56 Å². The van der Waals surface area contributed by atoms with Crippen molar-refractivity contribution in [3.8, 4) is 0 Å². The van der Waals surface area contributed by atoms with Crippen LogP contribution in [0.1, 0.15) is 28.2 Å². The number of aryl methyl sites for hydroxylation is 2. The molecule has 1 unspecified atom stereocenters. The maximum absolute atomic E-state index is 12.6. The summed E-state index contributed by atoms with van der Waals surface area (Å²) in [6.45, 7) is 6.02. The summed E-state index contributed by atoms with van der Waals surface area (Å²) >= 11 is 0. The van der Waals surface area contributed by atoms with E-state index in [1.54, 1.807) is 10.7 Å². The Labute approximate surface area is 117 Å². The number of likely N-dealkylation sites (tertiary alicyclic amines) is 1. The lowest BCUT2D eigenvalue weighted by atomic mass is 10.1. The minimum absolute atomic E-state index is 0.00782. The monoisotopic (exact) mass is 273 g/mol.